The molecule has 20 heavy (non-hydrogen) atoms. The van der Waals surface area contributed by atoms with Gasteiger partial charge in [-0.25, -0.2) is 0 Å². The van der Waals surface area contributed by atoms with Crippen LogP contribution in [0.25, 0.3) is 0 Å². The van der Waals surface area contributed by atoms with Gasteiger partial charge in [0.1, 0.15) is 0 Å². The summed E-state index contributed by atoms with van der Waals surface area (Å²) in [7, 11) is 0. The summed E-state index contributed by atoms with van der Waals surface area (Å²) in [6, 6.07) is 6.69. The van der Waals surface area contributed by atoms with Gasteiger partial charge < -0.3 is 10.0 Å². The summed E-state index contributed by atoms with van der Waals surface area (Å²) < 4.78 is 0. The molecule has 1 N–H and O–H groups in total. The minimum absolute atomic E-state index is 0.288. The van der Waals surface area contributed by atoms with Crippen LogP contribution in [0.15, 0.2) is 24.3 Å². The van der Waals surface area contributed by atoms with Crippen LogP contribution >= 0.6 is 0 Å². The largest absolute Gasteiger partial charge is 0.388 e. The molecule has 4 nitrogen and oxygen atoms in total. The highest BCUT2D eigenvalue weighted by molar-refractivity contribution is 6.42. The molecule has 0 saturated carbocycles. The van der Waals surface area contributed by atoms with Gasteiger partial charge in [-0.1, -0.05) is 29.8 Å². The van der Waals surface area contributed by atoms with Gasteiger partial charge in [0.05, 0.1) is 11.6 Å². The molecular weight excluding hydrogens is 254 g/mol. The monoisotopic (exact) mass is 275 g/mol. The predicted molar refractivity (Wildman–Crippen MR) is 76.5 cm³/mol. The second-order valence-electron chi connectivity index (χ2n) is 6.01. The van der Waals surface area contributed by atoms with Crippen molar-refractivity contribution in [1.82, 2.24) is 4.90 Å². The van der Waals surface area contributed by atoms with Gasteiger partial charge in [0.25, 0.3) is 5.91 Å². The average Bonchev–Trinajstić information content (AvgIpc) is 2.87. The van der Waals surface area contributed by atoms with Crippen molar-refractivity contribution in [2.24, 2.45) is 0 Å². The van der Waals surface area contributed by atoms with E-state index in [0.29, 0.717) is 12.1 Å². The van der Waals surface area contributed by atoms with Crippen molar-refractivity contribution in [2.75, 3.05) is 6.54 Å². The van der Waals surface area contributed by atoms with E-state index in [9.17, 15) is 14.7 Å². The smallest absolute Gasteiger partial charge is 0.295 e. The fourth-order valence-corrected chi connectivity index (χ4v) is 2.70. The maximum absolute atomic E-state index is 12.4. The fraction of sp³-hybridized carbons (Fsp3) is 0.500. The lowest BCUT2D eigenvalue weighted by Gasteiger charge is -2.33. The highest BCUT2D eigenvalue weighted by atomic mass is 16.3. The Morgan fingerprint density at radius 3 is 2.40 bits per heavy atom. The SMILES string of the molecule is Cc1ccc(C(=O)C(=O)N2CCCC2C(C)(C)O)cc1. The molecule has 1 heterocycles. The molecule has 1 saturated heterocycles. The number of amides is 1. The molecule has 1 atom stereocenters. The Morgan fingerprint density at radius 2 is 1.85 bits per heavy atom. The molecule has 108 valence electrons. The number of hydrogen-bond acceptors (Lipinski definition) is 3. The molecule has 1 unspecified atom stereocenters. The van der Waals surface area contributed by atoms with Gasteiger partial charge in [-0.3, -0.25) is 9.59 Å². The van der Waals surface area contributed by atoms with E-state index in [2.05, 4.69) is 0 Å². The molecule has 1 aromatic rings. The van der Waals surface area contributed by atoms with Gasteiger partial charge >= 0.3 is 0 Å². The van der Waals surface area contributed by atoms with Crippen LogP contribution in [0.5, 0.6) is 0 Å². The molecule has 0 aromatic heterocycles. The number of nitrogens with zero attached hydrogens (tertiary/aromatic N) is 1. The number of carbonyl (C=O) groups excluding carboxylic acids is 2. The van der Waals surface area contributed by atoms with Crippen LogP contribution in [0, 0.1) is 6.92 Å². The van der Waals surface area contributed by atoms with Gasteiger partial charge in [0.2, 0.25) is 5.78 Å². The van der Waals surface area contributed by atoms with Crippen molar-refractivity contribution in [1.29, 1.82) is 0 Å². The minimum atomic E-state index is -0.986. The standard InChI is InChI=1S/C16H21NO3/c1-11-6-8-12(9-7-11)14(18)15(19)17-10-4-5-13(17)16(2,3)20/h6-9,13,20H,4-5,10H2,1-3H3. The first-order chi connectivity index (χ1) is 9.30. The van der Waals surface area contributed by atoms with Crippen LogP contribution < -0.4 is 0 Å². The number of hydrogen-bond donors (Lipinski definition) is 1. The van der Waals surface area contributed by atoms with Crippen molar-refractivity contribution >= 4 is 11.7 Å². The van der Waals surface area contributed by atoms with Gasteiger partial charge in [0.15, 0.2) is 0 Å². The number of likely N-dealkylation sites (tertiary alicyclic amines) is 1. The second kappa shape index (κ2) is 5.37. The summed E-state index contributed by atoms with van der Waals surface area (Å²) in [5.41, 5.74) is 0.464. The molecule has 0 bridgehead atoms. The zero-order valence-electron chi connectivity index (χ0n) is 12.2. The van der Waals surface area contributed by atoms with E-state index in [1.165, 1.54) is 4.90 Å². The summed E-state index contributed by atoms with van der Waals surface area (Å²) in [5, 5.41) is 10.1. The van der Waals surface area contributed by atoms with Gasteiger partial charge in [-0.15, -0.1) is 0 Å². The second-order valence-corrected chi connectivity index (χ2v) is 6.01. The Balaban J connectivity index is 2.18. The number of benzene rings is 1. The number of carbonyl (C=O) groups is 2. The number of Topliss-reactive ketones (excluding diaryl/α,β-unsaturated/α-hetero) is 1. The summed E-state index contributed by atoms with van der Waals surface area (Å²) in [5.74, 6) is -1.01. The molecule has 1 aliphatic heterocycles. The van der Waals surface area contributed by atoms with E-state index in [1.807, 2.05) is 19.1 Å². The third-order valence-corrected chi connectivity index (χ3v) is 3.84. The van der Waals surface area contributed by atoms with Gasteiger partial charge in [0, 0.05) is 12.1 Å². The van der Waals surface area contributed by atoms with Crippen molar-refractivity contribution in [2.45, 2.75) is 45.3 Å². The molecular formula is C16H21NO3. The number of aryl methyl sites for hydroxylation is 1. The summed E-state index contributed by atoms with van der Waals surface area (Å²) in [6.45, 7) is 5.82. The molecule has 2 rings (SSSR count). The molecule has 0 spiro atoms. The summed E-state index contributed by atoms with van der Waals surface area (Å²) in [4.78, 5) is 26.1. The van der Waals surface area contributed by atoms with Gasteiger partial charge in [-0.2, -0.15) is 0 Å². The molecule has 4 heteroatoms. The highest BCUT2D eigenvalue weighted by Crippen LogP contribution is 2.27. The third-order valence-electron chi connectivity index (χ3n) is 3.84. The van der Waals surface area contributed by atoms with Crippen molar-refractivity contribution in [3.05, 3.63) is 35.4 Å². The lowest BCUT2D eigenvalue weighted by molar-refractivity contribution is -0.131. The number of rotatable bonds is 3. The predicted octanol–water partition coefficient (Wildman–Crippen LogP) is 1.94. The fourth-order valence-electron chi connectivity index (χ4n) is 2.70. The van der Waals surface area contributed by atoms with E-state index >= 15 is 0 Å². The van der Waals surface area contributed by atoms with E-state index < -0.39 is 17.3 Å². The highest BCUT2D eigenvalue weighted by Gasteiger charge is 2.40. The van der Waals surface area contributed by atoms with E-state index in [-0.39, 0.29) is 6.04 Å². The van der Waals surface area contributed by atoms with E-state index in [4.69, 9.17) is 0 Å². The maximum atomic E-state index is 12.4. The molecule has 1 aliphatic rings. The van der Waals surface area contributed by atoms with Crippen LogP contribution in [-0.4, -0.2) is 39.9 Å². The van der Waals surface area contributed by atoms with Crippen molar-refractivity contribution in [3.63, 3.8) is 0 Å². The molecule has 1 aromatic carbocycles. The lowest BCUT2D eigenvalue weighted by Crippen LogP contribution is -2.50. The zero-order valence-corrected chi connectivity index (χ0v) is 12.2. The van der Waals surface area contributed by atoms with Crippen molar-refractivity contribution < 1.29 is 14.7 Å². The Bertz CT molecular complexity index is 514. The Hall–Kier alpha value is -1.68. The molecule has 1 fully saturated rings. The Morgan fingerprint density at radius 1 is 1.25 bits per heavy atom. The zero-order chi connectivity index (χ0) is 14.9. The molecule has 1 amide bonds. The molecule has 0 aliphatic carbocycles. The van der Waals surface area contributed by atoms with Crippen LogP contribution in [0.2, 0.25) is 0 Å². The minimum Gasteiger partial charge on any atom is -0.388 e. The van der Waals surface area contributed by atoms with Crippen LogP contribution in [0.4, 0.5) is 0 Å². The normalized spacial score (nSPS) is 19.2. The third kappa shape index (κ3) is 2.90. The van der Waals surface area contributed by atoms with Crippen molar-refractivity contribution in [3.8, 4) is 0 Å². The van der Waals surface area contributed by atoms with E-state index in [0.717, 1.165) is 18.4 Å². The van der Waals surface area contributed by atoms with E-state index in [1.54, 1.807) is 26.0 Å². The quantitative estimate of drug-likeness (QED) is 0.677. The van der Waals surface area contributed by atoms with Gasteiger partial charge in [-0.05, 0) is 33.6 Å². The first-order valence-corrected chi connectivity index (χ1v) is 6.95. The topological polar surface area (TPSA) is 57.6 Å². The number of aliphatic hydroxyl groups is 1. The average molecular weight is 275 g/mol. The van der Waals surface area contributed by atoms with Crippen LogP contribution in [-0.2, 0) is 4.79 Å². The number of ketones is 1. The van der Waals surface area contributed by atoms with Crippen LogP contribution in [0.1, 0.15) is 42.6 Å². The summed E-state index contributed by atoms with van der Waals surface area (Å²) >= 11 is 0. The lowest BCUT2D eigenvalue weighted by atomic mass is 9.96. The Labute approximate surface area is 119 Å². The maximum Gasteiger partial charge on any atom is 0.295 e. The summed E-state index contributed by atoms with van der Waals surface area (Å²) in [6.07, 6.45) is 1.55. The Kier molecular flexibility index (Phi) is 3.95. The first kappa shape index (κ1) is 14.7. The molecule has 0 radical (unpaired) electrons. The van der Waals surface area contributed by atoms with Crippen LogP contribution in [0.3, 0.4) is 0 Å². The first-order valence-electron chi connectivity index (χ1n) is 6.95.